The number of carbonyl (C=O) groups is 1. The fourth-order valence-corrected chi connectivity index (χ4v) is 5.01. The number of nitrogens with zero attached hydrogens (tertiary/aromatic N) is 1. The molecular formula is C20H21NO4S2. The predicted octanol–water partition coefficient (Wildman–Crippen LogP) is 4.02. The van der Waals surface area contributed by atoms with Crippen molar-refractivity contribution in [2.75, 3.05) is 12.4 Å². The molecule has 142 valence electrons. The van der Waals surface area contributed by atoms with Gasteiger partial charge in [-0.25, -0.2) is 4.79 Å². The number of fused-ring (bicyclic) bond motifs is 1. The van der Waals surface area contributed by atoms with E-state index in [9.17, 15) is 13.2 Å². The van der Waals surface area contributed by atoms with E-state index in [1.54, 1.807) is 36.4 Å². The third kappa shape index (κ3) is 4.42. The molecule has 0 N–H and O–H groups in total. The summed E-state index contributed by atoms with van der Waals surface area (Å²) in [6.45, 7) is 6.51. The van der Waals surface area contributed by atoms with Gasteiger partial charge in [0.2, 0.25) is 0 Å². The molecule has 0 spiro atoms. The van der Waals surface area contributed by atoms with Gasteiger partial charge in [0.1, 0.15) is 11.7 Å². The van der Waals surface area contributed by atoms with Gasteiger partial charge in [0.15, 0.2) is 0 Å². The van der Waals surface area contributed by atoms with Gasteiger partial charge in [-0.2, -0.15) is 12.8 Å². The molecule has 3 rings (SSSR count). The topological polar surface area (TPSA) is 72.8 Å². The Morgan fingerprint density at radius 2 is 1.74 bits per heavy atom. The quantitative estimate of drug-likeness (QED) is 0.569. The molecule has 27 heavy (non-hydrogen) atoms. The van der Waals surface area contributed by atoms with Gasteiger partial charge in [0, 0.05) is 11.3 Å². The molecule has 1 heterocycles. The molecule has 0 bridgehead atoms. The summed E-state index contributed by atoms with van der Waals surface area (Å²) in [4.78, 5) is 12.4. The Kier molecular flexibility index (Phi) is 5.44. The summed E-state index contributed by atoms with van der Waals surface area (Å²) < 4.78 is 33.1. The van der Waals surface area contributed by atoms with Crippen LogP contribution in [0.25, 0.3) is 0 Å². The number of carbonyl (C=O) groups excluding carboxylic acids is 1. The third-order valence-corrected chi connectivity index (χ3v) is 6.55. The van der Waals surface area contributed by atoms with Crippen LogP contribution in [0.2, 0.25) is 0 Å². The SMILES string of the molecule is CC(C)(C)c1ccc(C(=O)OCCSC2=NS(=O)(=O)c3ccccc32)cc1. The summed E-state index contributed by atoms with van der Waals surface area (Å²) in [7, 11) is -3.61. The van der Waals surface area contributed by atoms with Gasteiger partial charge in [-0.3, -0.25) is 0 Å². The van der Waals surface area contributed by atoms with Crippen molar-refractivity contribution >= 4 is 32.8 Å². The van der Waals surface area contributed by atoms with Crippen LogP contribution in [-0.2, 0) is 20.2 Å². The predicted molar refractivity (Wildman–Crippen MR) is 108 cm³/mol. The number of hydrogen-bond donors (Lipinski definition) is 0. The molecule has 2 aromatic carbocycles. The first-order chi connectivity index (χ1) is 12.7. The van der Waals surface area contributed by atoms with E-state index in [1.807, 2.05) is 12.1 Å². The minimum atomic E-state index is -3.61. The number of thioether (sulfide) groups is 1. The van der Waals surface area contributed by atoms with Crippen molar-refractivity contribution in [3.05, 3.63) is 65.2 Å². The molecule has 0 amide bonds. The summed E-state index contributed by atoms with van der Waals surface area (Å²) in [6, 6.07) is 14.1. The molecular weight excluding hydrogens is 382 g/mol. The largest absolute Gasteiger partial charge is 0.461 e. The van der Waals surface area contributed by atoms with Crippen molar-refractivity contribution in [2.45, 2.75) is 31.1 Å². The van der Waals surface area contributed by atoms with Crippen molar-refractivity contribution in [2.24, 2.45) is 4.40 Å². The molecule has 2 aromatic rings. The molecule has 1 aliphatic heterocycles. The van der Waals surface area contributed by atoms with E-state index in [0.717, 1.165) is 5.56 Å². The lowest BCUT2D eigenvalue weighted by Crippen LogP contribution is -2.12. The third-order valence-electron chi connectivity index (χ3n) is 4.14. The fraction of sp³-hybridized carbons (Fsp3) is 0.300. The molecule has 0 saturated carbocycles. The molecule has 0 aliphatic carbocycles. The Balaban J connectivity index is 1.54. The molecule has 0 aromatic heterocycles. The minimum absolute atomic E-state index is 0.0255. The number of sulfonamides is 1. The van der Waals surface area contributed by atoms with Gasteiger partial charge >= 0.3 is 5.97 Å². The van der Waals surface area contributed by atoms with E-state index in [-0.39, 0.29) is 16.9 Å². The second kappa shape index (κ2) is 7.48. The minimum Gasteiger partial charge on any atom is -0.461 e. The van der Waals surface area contributed by atoms with Crippen LogP contribution in [-0.4, -0.2) is 31.8 Å². The number of ether oxygens (including phenoxy) is 1. The zero-order chi connectivity index (χ0) is 19.7. The Morgan fingerprint density at radius 3 is 2.41 bits per heavy atom. The first-order valence-electron chi connectivity index (χ1n) is 8.53. The van der Waals surface area contributed by atoms with Crippen molar-refractivity contribution in [1.29, 1.82) is 0 Å². The highest BCUT2D eigenvalue weighted by Crippen LogP contribution is 2.30. The first-order valence-corrected chi connectivity index (χ1v) is 11.0. The molecule has 1 aliphatic rings. The second-order valence-corrected chi connectivity index (χ2v) is 9.84. The average Bonchev–Trinajstić information content (AvgIpc) is 2.89. The maximum absolute atomic E-state index is 12.1. The van der Waals surface area contributed by atoms with Crippen LogP contribution in [0.5, 0.6) is 0 Å². The average molecular weight is 404 g/mol. The smallest absolute Gasteiger partial charge is 0.338 e. The summed E-state index contributed by atoms with van der Waals surface area (Å²) >= 11 is 1.27. The van der Waals surface area contributed by atoms with Crippen molar-refractivity contribution < 1.29 is 17.9 Å². The summed E-state index contributed by atoms with van der Waals surface area (Å²) in [5.74, 6) is 0.0338. The highest BCUT2D eigenvalue weighted by molar-refractivity contribution is 8.15. The van der Waals surface area contributed by atoms with E-state index < -0.39 is 16.0 Å². The maximum Gasteiger partial charge on any atom is 0.338 e. The molecule has 5 nitrogen and oxygen atoms in total. The van der Waals surface area contributed by atoms with Crippen LogP contribution in [0.15, 0.2) is 57.8 Å². The van der Waals surface area contributed by atoms with Crippen LogP contribution in [0, 0.1) is 0 Å². The van der Waals surface area contributed by atoms with Crippen LogP contribution < -0.4 is 0 Å². The molecule has 7 heteroatoms. The second-order valence-electron chi connectivity index (χ2n) is 7.18. The van der Waals surface area contributed by atoms with E-state index >= 15 is 0 Å². The lowest BCUT2D eigenvalue weighted by atomic mass is 9.87. The number of benzene rings is 2. The standard InChI is InChI=1S/C20H21NO4S2/c1-20(2,3)15-10-8-14(9-11-15)19(22)25-12-13-26-18-16-6-4-5-7-17(16)27(23,24)21-18/h4-11H,12-13H2,1-3H3. The van der Waals surface area contributed by atoms with E-state index in [0.29, 0.717) is 21.9 Å². The van der Waals surface area contributed by atoms with Crippen LogP contribution >= 0.6 is 11.8 Å². The van der Waals surface area contributed by atoms with Crippen molar-refractivity contribution in [3.8, 4) is 0 Å². The summed E-state index contributed by atoms with van der Waals surface area (Å²) in [6.07, 6.45) is 0. The maximum atomic E-state index is 12.1. The van der Waals surface area contributed by atoms with Crippen LogP contribution in [0.3, 0.4) is 0 Å². The van der Waals surface area contributed by atoms with Gasteiger partial charge in [0.25, 0.3) is 10.0 Å². The number of rotatable bonds is 4. The molecule has 0 fully saturated rings. The summed E-state index contributed by atoms with van der Waals surface area (Å²) in [5, 5.41) is 0.441. The van der Waals surface area contributed by atoms with E-state index in [2.05, 4.69) is 25.2 Å². The first kappa shape index (κ1) is 19.6. The summed E-state index contributed by atoms with van der Waals surface area (Å²) in [5.41, 5.74) is 2.27. The van der Waals surface area contributed by atoms with Gasteiger partial charge in [-0.05, 0) is 29.2 Å². The molecule has 0 saturated heterocycles. The normalized spacial score (nSPS) is 15.1. The number of hydrogen-bond acceptors (Lipinski definition) is 5. The van der Waals surface area contributed by atoms with Crippen LogP contribution in [0.1, 0.15) is 42.3 Å². The molecule has 0 unspecified atom stereocenters. The van der Waals surface area contributed by atoms with Crippen LogP contribution in [0.4, 0.5) is 0 Å². The lowest BCUT2D eigenvalue weighted by molar-refractivity contribution is 0.0530. The highest BCUT2D eigenvalue weighted by Gasteiger charge is 2.28. The highest BCUT2D eigenvalue weighted by atomic mass is 32.2. The fourth-order valence-electron chi connectivity index (χ4n) is 2.64. The Morgan fingerprint density at radius 1 is 1.07 bits per heavy atom. The molecule has 0 atom stereocenters. The molecule has 0 radical (unpaired) electrons. The number of esters is 1. The Labute approximate surface area is 163 Å². The van der Waals surface area contributed by atoms with Crippen molar-refractivity contribution in [3.63, 3.8) is 0 Å². The van der Waals surface area contributed by atoms with Crippen molar-refractivity contribution in [1.82, 2.24) is 0 Å². The van der Waals surface area contributed by atoms with Gasteiger partial charge < -0.3 is 4.74 Å². The van der Waals surface area contributed by atoms with Gasteiger partial charge in [0.05, 0.1) is 10.5 Å². The van der Waals surface area contributed by atoms with E-state index in [4.69, 9.17) is 4.74 Å². The van der Waals surface area contributed by atoms with E-state index in [1.165, 1.54) is 11.8 Å². The zero-order valence-corrected chi connectivity index (χ0v) is 17.1. The lowest BCUT2D eigenvalue weighted by Gasteiger charge is -2.18. The Bertz CT molecular complexity index is 987. The van der Waals surface area contributed by atoms with Gasteiger partial charge in [-0.15, -0.1) is 11.8 Å². The zero-order valence-electron chi connectivity index (χ0n) is 15.4. The Hall–Kier alpha value is -2.12. The van der Waals surface area contributed by atoms with Gasteiger partial charge in [-0.1, -0.05) is 51.1 Å². The monoisotopic (exact) mass is 403 g/mol.